The highest BCUT2D eigenvalue weighted by Gasteiger charge is 2.03. The molecule has 128 valence electrons. The Morgan fingerprint density at radius 1 is 1.20 bits per heavy atom. The van der Waals surface area contributed by atoms with Gasteiger partial charge in [-0.2, -0.15) is 0 Å². The Bertz CT molecular complexity index is 775. The van der Waals surface area contributed by atoms with E-state index in [1.165, 1.54) is 0 Å². The van der Waals surface area contributed by atoms with Crippen LogP contribution in [0.25, 0.3) is 0 Å². The summed E-state index contributed by atoms with van der Waals surface area (Å²) in [7, 11) is 0. The molecule has 0 unspecified atom stereocenters. The first kappa shape index (κ1) is 18.1. The number of amides is 1. The summed E-state index contributed by atoms with van der Waals surface area (Å²) in [5, 5.41) is 2.55. The number of hydrogen-bond acceptors (Lipinski definition) is 4. The quantitative estimate of drug-likeness (QED) is 0.649. The molecule has 0 saturated carbocycles. The molecule has 0 bridgehead atoms. The van der Waals surface area contributed by atoms with Crippen molar-refractivity contribution in [2.45, 2.75) is 13.5 Å². The highest BCUT2D eigenvalue weighted by molar-refractivity contribution is 5.80. The summed E-state index contributed by atoms with van der Waals surface area (Å²) >= 11 is 0. The minimum Gasteiger partial charge on any atom is -0.493 e. The second kappa shape index (κ2) is 9.78. The zero-order chi connectivity index (χ0) is 17.9. The fraction of sp³-hybridized carbons (Fsp3) is 0.200. The van der Waals surface area contributed by atoms with Crippen molar-refractivity contribution in [2.75, 3.05) is 13.2 Å². The molecule has 0 aromatic heterocycles. The van der Waals surface area contributed by atoms with Crippen molar-refractivity contribution in [3.05, 3.63) is 65.2 Å². The summed E-state index contributed by atoms with van der Waals surface area (Å²) in [6, 6.07) is 14.5. The predicted molar refractivity (Wildman–Crippen MR) is 94.5 cm³/mol. The van der Waals surface area contributed by atoms with E-state index in [2.05, 4.69) is 17.2 Å². The Labute approximate surface area is 147 Å². The topological polar surface area (TPSA) is 64.6 Å². The number of nitrogens with one attached hydrogen (secondary N) is 1. The first-order chi connectivity index (χ1) is 12.2. The summed E-state index contributed by atoms with van der Waals surface area (Å²) < 4.78 is 10.4. The van der Waals surface area contributed by atoms with Crippen LogP contribution in [0.15, 0.2) is 48.5 Å². The maximum absolute atomic E-state index is 11.6. The van der Waals surface area contributed by atoms with Crippen LogP contribution in [0.5, 0.6) is 5.75 Å². The molecule has 0 fully saturated rings. The molecule has 1 amide bonds. The fourth-order valence-electron chi connectivity index (χ4n) is 2.04. The van der Waals surface area contributed by atoms with E-state index < -0.39 is 6.09 Å². The lowest BCUT2D eigenvalue weighted by atomic mass is 10.1. The first-order valence-electron chi connectivity index (χ1n) is 7.88. The van der Waals surface area contributed by atoms with Gasteiger partial charge in [0.05, 0.1) is 18.7 Å². The molecule has 0 atom stereocenters. The zero-order valence-electron chi connectivity index (χ0n) is 14.0. The van der Waals surface area contributed by atoms with Crippen LogP contribution in [0.3, 0.4) is 0 Å². The standard InChI is InChI=1S/C20H19NO4/c1-2-24-19-11-10-16(13-18(19)14-22)9-6-12-21-20(23)25-15-17-7-4-3-5-8-17/h3-5,7-8,10-11,13-14H,2,12,15H2,1H3,(H,21,23). The number of alkyl carbamates (subject to hydrolysis) is 1. The summed E-state index contributed by atoms with van der Waals surface area (Å²) in [6.45, 7) is 2.70. The van der Waals surface area contributed by atoms with Crippen LogP contribution in [-0.4, -0.2) is 25.5 Å². The molecule has 2 aromatic carbocycles. The van der Waals surface area contributed by atoms with Gasteiger partial charge in [0.1, 0.15) is 12.4 Å². The van der Waals surface area contributed by atoms with E-state index in [4.69, 9.17) is 9.47 Å². The minimum absolute atomic E-state index is 0.150. The van der Waals surface area contributed by atoms with Gasteiger partial charge in [0.25, 0.3) is 0 Å². The van der Waals surface area contributed by atoms with Gasteiger partial charge in [-0.1, -0.05) is 42.2 Å². The molecular formula is C20H19NO4. The molecule has 0 aliphatic heterocycles. The van der Waals surface area contributed by atoms with Crippen LogP contribution in [0, 0.1) is 11.8 Å². The van der Waals surface area contributed by atoms with Crippen LogP contribution in [0.2, 0.25) is 0 Å². The van der Waals surface area contributed by atoms with Gasteiger partial charge in [0.15, 0.2) is 6.29 Å². The lowest BCUT2D eigenvalue weighted by molar-refractivity contribution is 0.111. The molecule has 0 saturated heterocycles. The fourth-order valence-corrected chi connectivity index (χ4v) is 2.04. The van der Waals surface area contributed by atoms with E-state index in [9.17, 15) is 9.59 Å². The van der Waals surface area contributed by atoms with E-state index in [-0.39, 0.29) is 13.2 Å². The van der Waals surface area contributed by atoms with Gasteiger partial charge in [-0.15, -0.1) is 0 Å². The van der Waals surface area contributed by atoms with E-state index >= 15 is 0 Å². The van der Waals surface area contributed by atoms with E-state index in [1.54, 1.807) is 18.2 Å². The zero-order valence-corrected chi connectivity index (χ0v) is 14.0. The van der Waals surface area contributed by atoms with E-state index in [1.807, 2.05) is 37.3 Å². The van der Waals surface area contributed by atoms with E-state index in [0.717, 1.165) is 11.8 Å². The maximum Gasteiger partial charge on any atom is 0.408 e. The van der Waals surface area contributed by atoms with Gasteiger partial charge >= 0.3 is 6.09 Å². The molecule has 5 heteroatoms. The Kier molecular flexibility index (Phi) is 7.08. The molecule has 0 aliphatic carbocycles. The Morgan fingerprint density at radius 2 is 2.00 bits per heavy atom. The number of hydrogen-bond donors (Lipinski definition) is 1. The van der Waals surface area contributed by atoms with Crippen LogP contribution in [0.4, 0.5) is 4.79 Å². The van der Waals surface area contributed by atoms with Crippen molar-refractivity contribution in [2.24, 2.45) is 0 Å². The van der Waals surface area contributed by atoms with E-state index in [0.29, 0.717) is 23.5 Å². The largest absolute Gasteiger partial charge is 0.493 e. The third kappa shape index (κ3) is 6.04. The molecule has 0 radical (unpaired) electrons. The second-order valence-corrected chi connectivity index (χ2v) is 5.02. The van der Waals surface area contributed by atoms with Gasteiger partial charge < -0.3 is 14.8 Å². The lowest BCUT2D eigenvalue weighted by Crippen LogP contribution is -2.24. The summed E-state index contributed by atoms with van der Waals surface area (Å²) in [5.74, 6) is 6.23. The molecule has 25 heavy (non-hydrogen) atoms. The molecule has 2 aromatic rings. The highest BCUT2D eigenvalue weighted by Crippen LogP contribution is 2.17. The van der Waals surface area contributed by atoms with Crippen LogP contribution < -0.4 is 10.1 Å². The second-order valence-electron chi connectivity index (χ2n) is 5.02. The molecule has 2 rings (SSSR count). The average molecular weight is 337 g/mol. The Morgan fingerprint density at radius 3 is 2.72 bits per heavy atom. The maximum atomic E-state index is 11.6. The van der Waals surface area contributed by atoms with Gasteiger partial charge in [-0.25, -0.2) is 4.79 Å². The molecule has 5 nitrogen and oxygen atoms in total. The summed E-state index contributed by atoms with van der Waals surface area (Å²) in [5.41, 5.74) is 2.04. The summed E-state index contributed by atoms with van der Waals surface area (Å²) in [6.07, 6.45) is 0.202. The summed E-state index contributed by atoms with van der Waals surface area (Å²) in [4.78, 5) is 22.6. The van der Waals surface area contributed by atoms with Crippen molar-refractivity contribution >= 4 is 12.4 Å². The van der Waals surface area contributed by atoms with Gasteiger partial charge in [0, 0.05) is 5.56 Å². The lowest BCUT2D eigenvalue weighted by Gasteiger charge is -2.05. The Hall–Kier alpha value is -3.26. The monoisotopic (exact) mass is 337 g/mol. The predicted octanol–water partition coefficient (Wildman–Crippen LogP) is 3.18. The molecule has 0 heterocycles. The van der Waals surface area contributed by atoms with Crippen molar-refractivity contribution < 1.29 is 19.1 Å². The molecule has 1 N–H and O–H groups in total. The normalized spacial score (nSPS) is 9.48. The van der Waals surface area contributed by atoms with Crippen molar-refractivity contribution in [3.8, 4) is 17.6 Å². The third-order valence-corrected chi connectivity index (χ3v) is 3.20. The van der Waals surface area contributed by atoms with Gasteiger partial charge in [-0.05, 0) is 30.7 Å². The smallest absolute Gasteiger partial charge is 0.408 e. The van der Waals surface area contributed by atoms with Gasteiger partial charge in [-0.3, -0.25) is 4.79 Å². The van der Waals surface area contributed by atoms with Crippen molar-refractivity contribution in [1.82, 2.24) is 5.32 Å². The molecule has 0 spiro atoms. The average Bonchev–Trinajstić information content (AvgIpc) is 2.65. The highest BCUT2D eigenvalue weighted by atomic mass is 16.5. The molecule has 0 aliphatic rings. The number of benzene rings is 2. The number of carbonyl (C=O) groups excluding carboxylic acids is 2. The van der Waals surface area contributed by atoms with Crippen LogP contribution in [-0.2, 0) is 11.3 Å². The van der Waals surface area contributed by atoms with Crippen LogP contribution >= 0.6 is 0 Å². The number of aldehydes is 1. The van der Waals surface area contributed by atoms with Crippen LogP contribution in [0.1, 0.15) is 28.4 Å². The van der Waals surface area contributed by atoms with Crippen molar-refractivity contribution in [3.63, 3.8) is 0 Å². The third-order valence-electron chi connectivity index (χ3n) is 3.20. The minimum atomic E-state index is -0.529. The van der Waals surface area contributed by atoms with Crippen molar-refractivity contribution in [1.29, 1.82) is 0 Å². The first-order valence-corrected chi connectivity index (χ1v) is 7.88. The SMILES string of the molecule is CCOc1ccc(C#CCNC(=O)OCc2ccccc2)cc1C=O. The number of carbonyl (C=O) groups is 2. The molecular weight excluding hydrogens is 318 g/mol. The number of rotatable bonds is 6. The Balaban J connectivity index is 1.81. The number of ether oxygens (including phenoxy) is 2. The van der Waals surface area contributed by atoms with Gasteiger partial charge in [0.2, 0.25) is 0 Å².